The SMILES string of the molecule is CCCCCCCC(=O)C1(C(=O)CCCCCCC)c2cc(-c3ccc(N(c4ccccc4)c4ccc(-c5ccc(C)cc5)cc4)cc3)ccc2-c2ccc(-c3ccc(N(c4ccccc4)c4ccc(C(C)(C)C)cc4)cc3)cc21. The molecule has 404 valence electrons. The highest BCUT2D eigenvalue weighted by Gasteiger charge is 2.53. The van der Waals surface area contributed by atoms with Gasteiger partial charge in [0, 0.05) is 47.0 Å². The predicted octanol–water partition coefficient (Wildman–Crippen LogP) is 21.4. The minimum Gasteiger partial charge on any atom is -0.311 e. The number of nitrogens with zero attached hydrogens (tertiary/aromatic N) is 2. The van der Waals surface area contributed by atoms with Crippen molar-refractivity contribution in [3.63, 3.8) is 0 Å². The summed E-state index contributed by atoms with van der Waals surface area (Å²) in [5, 5.41) is 0. The Kier molecular flexibility index (Phi) is 17.2. The lowest BCUT2D eigenvalue weighted by molar-refractivity contribution is -0.133. The maximum Gasteiger partial charge on any atom is 0.155 e. The number of hydrogen-bond acceptors (Lipinski definition) is 4. The van der Waals surface area contributed by atoms with Crippen LogP contribution in [-0.4, -0.2) is 11.6 Å². The van der Waals surface area contributed by atoms with Gasteiger partial charge in [0.2, 0.25) is 0 Å². The highest BCUT2D eigenvalue weighted by molar-refractivity contribution is 6.20. The van der Waals surface area contributed by atoms with E-state index in [4.69, 9.17) is 0 Å². The smallest absolute Gasteiger partial charge is 0.155 e. The summed E-state index contributed by atoms with van der Waals surface area (Å²) < 4.78 is 0. The lowest BCUT2D eigenvalue weighted by atomic mass is 9.68. The molecular formula is C76H78N2O2. The minimum absolute atomic E-state index is 0.0236. The summed E-state index contributed by atoms with van der Waals surface area (Å²) in [5.74, 6) is 0.0471. The number of Topliss-reactive ketones (excluding diaryl/α,β-unsaturated/α-hetero) is 2. The molecule has 0 atom stereocenters. The number of anilines is 6. The molecule has 9 aromatic carbocycles. The highest BCUT2D eigenvalue weighted by Crippen LogP contribution is 2.54. The maximum atomic E-state index is 15.7. The van der Waals surface area contributed by atoms with E-state index in [1.807, 2.05) is 0 Å². The third-order valence-electron chi connectivity index (χ3n) is 16.4. The van der Waals surface area contributed by atoms with Gasteiger partial charge in [0.05, 0.1) is 0 Å². The first-order valence-corrected chi connectivity index (χ1v) is 29.5. The first-order valence-electron chi connectivity index (χ1n) is 29.5. The number of rotatable bonds is 23. The molecular weight excluding hydrogens is 973 g/mol. The molecule has 4 nitrogen and oxygen atoms in total. The molecule has 1 aliphatic carbocycles. The summed E-state index contributed by atoms with van der Waals surface area (Å²) in [6, 6.07) is 78.0. The normalized spacial score (nSPS) is 12.4. The Labute approximate surface area is 477 Å². The Balaban J connectivity index is 1.03. The zero-order valence-corrected chi connectivity index (χ0v) is 48.0. The third-order valence-corrected chi connectivity index (χ3v) is 16.4. The summed E-state index contributed by atoms with van der Waals surface area (Å²) in [4.78, 5) is 36.1. The van der Waals surface area contributed by atoms with Crippen molar-refractivity contribution in [2.75, 3.05) is 9.80 Å². The van der Waals surface area contributed by atoms with E-state index in [1.54, 1.807) is 0 Å². The maximum absolute atomic E-state index is 15.7. The van der Waals surface area contributed by atoms with Crippen molar-refractivity contribution in [3.05, 3.63) is 241 Å². The molecule has 0 aromatic heterocycles. The van der Waals surface area contributed by atoms with Crippen LogP contribution >= 0.6 is 0 Å². The Morgan fingerprint density at radius 2 is 0.675 bits per heavy atom. The molecule has 9 aromatic rings. The number of carbonyl (C=O) groups excluding carboxylic acids is 2. The zero-order valence-electron chi connectivity index (χ0n) is 48.0. The van der Waals surface area contributed by atoms with E-state index in [0.29, 0.717) is 12.8 Å². The van der Waals surface area contributed by atoms with E-state index in [-0.39, 0.29) is 17.0 Å². The van der Waals surface area contributed by atoms with Gasteiger partial charge in [-0.1, -0.05) is 225 Å². The predicted molar refractivity (Wildman–Crippen MR) is 339 cm³/mol. The van der Waals surface area contributed by atoms with Gasteiger partial charge >= 0.3 is 0 Å². The second-order valence-corrected chi connectivity index (χ2v) is 23.1. The van der Waals surface area contributed by atoms with E-state index < -0.39 is 5.41 Å². The fraction of sp³-hybridized carbons (Fsp3) is 0.263. The second-order valence-electron chi connectivity index (χ2n) is 23.1. The van der Waals surface area contributed by atoms with E-state index in [9.17, 15) is 0 Å². The number of aryl methyl sites for hydroxylation is 1. The van der Waals surface area contributed by atoms with Gasteiger partial charge < -0.3 is 9.80 Å². The standard InChI is InChI=1S/C76H78N2O2/c1-7-9-11-13-21-27-73(79)76(74(80)28-22-14-12-10-8-2)71-53-60(58-35-45-66(46-36-58)77(63-23-17-15-18-24-63)65-43-33-57(34-44-65)56-31-29-55(3)30-32-56)39-51-69(71)70-52-40-61(54-72(70)76)59-37-47-67(48-38-59)78(64-25-19-16-20-26-64)68-49-41-62(42-50-68)75(4,5)6/h15-20,23-26,29-54H,7-14,21-22,27-28H2,1-6H3. The molecule has 0 amide bonds. The molecule has 80 heavy (non-hydrogen) atoms. The van der Waals surface area contributed by atoms with Crippen molar-refractivity contribution in [2.45, 2.75) is 129 Å². The molecule has 0 saturated carbocycles. The summed E-state index contributed by atoms with van der Waals surface area (Å²) >= 11 is 0. The van der Waals surface area contributed by atoms with Crippen LogP contribution < -0.4 is 9.80 Å². The summed E-state index contributed by atoms with van der Waals surface area (Å²) in [7, 11) is 0. The van der Waals surface area contributed by atoms with Gasteiger partial charge in [0.15, 0.2) is 11.6 Å². The molecule has 4 heteroatoms. The van der Waals surface area contributed by atoms with Crippen molar-refractivity contribution < 1.29 is 9.59 Å². The van der Waals surface area contributed by atoms with Gasteiger partial charge in [0.25, 0.3) is 0 Å². The Bertz CT molecular complexity index is 3470. The molecule has 0 aliphatic heterocycles. The first kappa shape index (κ1) is 55.2. The van der Waals surface area contributed by atoms with Crippen LogP contribution in [0.4, 0.5) is 34.1 Å². The molecule has 0 saturated heterocycles. The molecule has 0 N–H and O–H groups in total. The molecule has 10 rings (SSSR count). The Morgan fingerprint density at radius 3 is 1.04 bits per heavy atom. The van der Waals surface area contributed by atoms with Gasteiger partial charge in [-0.25, -0.2) is 0 Å². The van der Waals surface area contributed by atoms with Crippen molar-refractivity contribution in [1.29, 1.82) is 0 Å². The van der Waals surface area contributed by atoms with Crippen LogP contribution in [0.1, 0.15) is 134 Å². The van der Waals surface area contributed by atoms with Crippen molar-refractivity contribution in [3.8, 4) is 44.5 Å². The van der Waals surface area contributed by atoms with E-state index in [2.05, 4.69) is 270 Å². The van der Waals surface area contributed by atoms with Crippen molar-refractivity contribution >= 4 is 45.7 Å². The van der Waals surface area contributed by atoms with E-state index >= 15 is 9.59 Å². The third kappa shape index (κ3) is 11.8. The van der Waals surface area contributed by atoms with Crippen LogP contribution in [-0.2, 0) is 20.4 Å². The van der Waals surface area contributed by atoms with Crippen LogP contribution in [0.3, 0.4) is 0 Å². The van der Waals surface area contributed by atoms with Gasteiger partial charge in [-0.3, -0.25) is 9.59 Å². The van der Waals surface area contributed by atoms with E-state index in [1.165, 1.54) is 22.3 Å². The number of hydrogen-bond donors (Lipinski definition) is 0. The number of benzene rings is 9. The molecule has 0 radical (unpaired) electrons. The number of carbonyl (C=O) groups is 2. The Hall–Kier alpha value is -8.08. The number of fused-ring (bicyclic) bond motifs is 3. The fourth-order valence-electron chi connectivity index (χ4n) is 11.9. The topological polar surface area (TPSA) is 40.6 Å². The van der Waals surface area contributed by atoms with Crippen LogP contribution in [0.2, 0.25) is 0 Å². The van der Waals surface area contributed by atoms with Crippen LogP contribution in [0.5, 0.6) is 0 Å². The minimum atomic E-state index is -1.43. The van der Waals surface area contributed by atoms with E-state index in [0.717, 1.165) is 143 Å². The van der Waals surface area contributed by atoms with Crippen LogP contribution in [0.25, 0.3) is 44.5 Å². The van der Waals surface area contributed by atoms with Crippen LogP contribution in [0.15, 0.2) is 218 Å². The highest BCUT2D eigenvalue weighted by atomic mass is 16.2. The Morgan fingerprint density at radius 1 is 0.362 bits per heavy atom. The number of unbranched alkanes of at least 4 members (excludes halogenated alkanes) is 8. The molecule has 0 spiro atoms. The molecule has 0 bridgehead atoms. The van der Waals surface area contributed by atoms with Crippen molar-refractivity contribution in [2.24, 2.45) is 0 Å². The second kappa shape index (κ2) is 24.9. The lowest BCUT2D eigenvalue weighted by Crippen LogP contribution is -2.43. The van der Waals surface area contributed by atoms with Gasteiger partial charge in [0.1, 0.15) is 5.41 Å². The number of ketones is 2. The zero-order chi connectivity index (χ0) is 55.6. The monoisotopic (exact) mass is 1050 g/mol. The largest absolute Gasteiger partial charge is 0.311 e. The quantitative estimate of drug-likeness (QED) is 0.0473. The molecule has 0 unspecified atom stereocenters. The summed E-state index contributed by atoms with van der Waals surface area (Å²) in [6.07, 6.45) is 10.9. The lowest BCUT2D eigenvalue weighted by Gasteiger charge is -2.30. The van der Waals surface area contributed by atoms with Crippen molar-refractivity contribution in [1.82, 2.24) is 0 Å². The van der Waals surface area contributed by atoms with Gasteiger partial charge in [-0.15, -0.1) is 0 Å². The van der Waals surface area contributed by atoms with Gasteiger partial charge in [-0.2, -0.15) is 0 Å². The molecule has 1 aliphatic rings. The average molecular weight is 1050 g/mol. The number of para-hydroxylation sites is 2. The molecule has 0 heterocycles. The summed E-state index contributed by atoms with van der Waals surface area (Å²) in [5.41, 5.74) is 17.5. The fourth-order valence-corrected chi connectivity index (χ4v) is 11.9. The van der Waals surface area contributed by atoms with Gasteiger partial charge in [-0.05, 0) is 171 Å². The first-order chi connectivity index (χ1) is 39.0. The summed E-state index contributed by atoms with van der Waals surface area (Å²) in [6.45, 7) is 13.3. The molecule has 0 fully saturated rings. The average Bonchev–Trinajstić information content (AvgIpc) is 3.87. The van der Waals surface area contributed by atoms with Crippen LogP contribution in [0, 0.1) is 6.92 Å².